The number of ether oxygens (including phenoxy) is 1. The molecular weight excluding hydrogens is 266 g/mol. The summed E-state index contributed by atoms with van der Waals surface area (Å²) in [6.07, 6.45) is 0. The van der Waals surface area contributed by atoms with E-state index in [0.717, 1.165) is 16.5 Å². The third kappa shape index (κ3) is 2.74. The molecule has 2 aromatic rings. The van der Waals surface area contributed by atoms with Crippen LogP contribution in [0.4, 0.5) is 0 Å². The maximum atomic E-state index is 11.6. The van der Waals surface area contributed by atoms with Crippen LogP contribution in [0.15, 0.2) is 28.7 Å². The smallest absolute Gasteiger partial charge is 0.325 e. The molecule has 0 aliphatic heterocycles. The number of fused-ring (bicyclic) bond motifs is 1. The molecule has 1 aromatic heterocycles. The molecule has 0 spiro atoms. The van der Waals surface area contributed by atoms with Crippen molar-refractivity contribution in [1.29, 1.82) is 0 Å². The lowest BCUT2D eigenvalue weighted by Gasteiger charge is -2.22. The van der Waals surface area contributed by atoms with E-state index in [0.29, 0.717) is 11.8 Å². The number of benzene rings is 1. The van der Waals surface area contributed by atoms with Gasteiger partial charge >= 0.3 is 5.97 Å². The summed E-state index contributed by atoms with van der Waals surface area (Å²) in [5.41, 5.74) is 0.797. The number of rotatable bonds is 4. The number of carbonyl (C=O) groups is 1. The SMILES string of the molecule is COC(=O)C(C)(C)NCc1c(Cl)oc2ccccc12. The van der Waals surface area contributed by atoms with Gasteiger partial charge in [-0.1, -0.05) is 18.2 Å². The first-order valence-corrected chi connectivity index (χ1v) is 6.33. The minimum atomic E-state index is -0.781. The van der Waals surface area contributed by atoms with E-state index in [1.807, 2.05) is 24.3 Å². The van der Waals surface area contributed by atoms with E-state index in [1.54, 1.807) is 13.8 Å². The molecule has 0 unspecified atom stereocenters. The standard InChI is InChI=1S/C14H16ClNO3/c1-14(2,13(17)18-3)16-8-10-9-6-4-5-7-11(9)19-12(10)15/h4-7,16H,8H2,1-3H3. The molecule has 0 aliphatic carbocycles. The summed E-state index contributed by atoms with van der Waals surface area (Å²) < 4.78 is 10.2. The second kappa shape index (κ2) is 5.23. The molecule has 19 heavy (non-hydrogen) atoms. The quantitative estimate of drug-likeness (QED) is 0.875. The molecule has 102 valence electrons. The minimum Gasteiger partial charge on any atom is -0.468 e. The molecule has 0 aliphatic rings. The lowest BCUT2D eigenvalue weighted by atomic mass is 10.1. The van der Waals surface area contributed by atoms with Crippen molar-refractivity contribution >= 4 is 28.5 Å². The Balaban J connectivity index is 2.23. The van der Waals surface area contributed by atoms with Gasteiger partial charge in [0.15, 0.2) is 5.22 Å². The van der Waals surface area contributed by atoms with Gasteiger partial charge in [-0.25, -0.2) is 0 Å². The molecule has 4 nitrogen and oxygen atoms in total. The van der Waals surface area contributed by atoms with Crippen molar-refractivity contribution in [2.45, 2.75) is 25.9 Å². The van der Waals surface area contributed by atoms with Crippen LogP contribution in [0.5, 0.6) is 0 Å². The van der Waals surface area contributed by atoms with Crippen molar-refractivity contribution in [2.75, 3.05) is 7.11 Å². The van der Waals surface area contributed by atoms with Gasteiger partial charge in [0.2, 0.25) is 0 Å². The van der Waals surface area contributed by atoms with E-state index in [2.05, 4.69) is 5.32 Å². The molecule has 0 radical (unpaired) electrons. The van der Waals surface area contributed by atoms with Crippen molar-refractivity contribution in [1.82, 2.24) is 5.32 Å². The van der Waals surface area contributed by atoms with Crippen molar-refractivity contribution < 1.29 is 13.9 Å². The van der Waals surface area contributed by atoms with E-state index < -0.39 is 5.54 Å². The summed E-state index contributed by atoms with van der Waals surface area (Å²) >= 11 is 6.09. The lowest BCUT2D eigenvalue weighted by molar-refractivity contribution is -0.147. The maximum absolute atomic E-state index is 11.6. The molecule has 0 atom stereocenters. The summed E-state index contributed by atoms with van der Waals surface area (Å²) in [7, 11) is 1.37. The van der Waals surface area contributed by atoms with Crippen molar-refractivity contribution in [3.8, 4) is 0 Å². The normalized spacial score (nSPS) is 11.8. The van der Waals surface area contributed by atoms with Crippen LogP contribution in [0.25, 0.3) is 11.0 Å². The van der Waals surface area contributed by atoms with Gasteiger partial charge in [0.25, 0.3) is 0 Å². The van der Waals surface area contributed by atoms with Crippen LogP contribution in [-0.4, -0.2) is 18.6 Å². The molecule has 0 saturated carbocycles. The van der Waals surface area contributed by atoms with Crippen LogP contribution in [0.1, 0.15) is 19.4 Å². The first kappa shape index (κ1) is 13.9. The third-order valence-electron chi connectivity index (χ3n) is 3.05. The number of esters is 1. The van der Waals surface area contributed by atoms with Gasteiger partial charge < -0.3 is 9.15 Å². The topological polar surface area (TPSA) is 51.5 Å². The van der Waals surface area contributed by atoms with Crippen molar-refractivity contribution in [3.05, 3.63) is 35.0 Å². The molecule has 1 aromatic carbocycles. The predicted octanol–water partition coefficient (Wildman–Crippen LogP) is 3.13. The zero-order chi connectivity index (χ0) is 14.0. The Morgan fingerprint density at radius 1 is 1.42 bits per heavy atom. The van der Waals surface area contributed by atoms with Crippen LogP contribution in [-0.2, 0) is 16.1 Å². The highest BCUT2D eigenvalue weighted by Crippen LogP contribution is 2.29. The van der Waals surface area contributed by atoms with E-state index in [9.17, 15) is 4.79 Å². The van der Waals surface area contributed by atoms with Crippen LogP contribution < -0.4 is 5.32 Å². The molecule has 1 N–H and O–H groups in total. The Morgan fingerprint density at radius 2 is 2.11 bits per heavy atom. The Hall–Kier alpha value is -1.52. The molecule has 0 amide bonds. The Morgan fingerprint density at radius 3 is 2.79 bits per heavy atom. The van der Waals surface area contributed by atoms with Gasteiger partial charge in [0.05, 0.1) is 7.11 Å². The molecule has 0 fully saturated rings. The third-order valence-corrected chi connectivity index (χ3v) is 3.36. The van der Waals surface area contributed by atoms with Crippen LogP contribution in [0, 0.1) is 0 Å². The average Bonchev–Trinajstić information content (AvgIpc) is 2.71. The molecule has 0 saturated heterocycles. The summed E-state index contributed by atoms with van der Waals surface area (Å²) in [6.45, 7) is 3.95. The van der Waals surface area contributed by atoms with E-state index in [1.165, 1.54) is 7.11 Å². The fourth-order valence-corrected chi connectivity index (χ4v) is 2.12. The van der Waals surface area contributed by atoms with Crippen molar-refractivity contribution in [3.63, 3.8) is 0 Å². The molecule has 0 bridgehead atoms. The van der Waals surface area contributed by atoms with Crippen molar-refractivity contribution in [2.24, 2.45) is 0 Å². The van der Waals surface area contributed by atoms with E-state index in [4.69, 9.17) is 20.8 Å². The highest BCUT2D eigenvalue weighted by molar-refractivity contribution is 6.30. The van der Waals surface area contributed by atoms with Gasteiger partial charge in [0, 0.05) is 17.5 Å². The van der Waals surface area contributed by atoms with E-state index >= 15 is 0 Å². The molecule has 5 heteroatoms. The highest BCUT2D eigenvalue weighted by atomic mass is 35.5. The fraction of sp³-hybridized carbons (Fsp3) is 0.357. The molecular formula is C14H16ClNO3. The largest absolute Gasteiger partial charge is 0.468 e. The van der Waals surface area contributed by atoms with Gasteiger partial charge in [-0.3, -0.25) is 10.1 Å². The van der Waals surface area contributed by atoms with Gasteiger partial charge in [0.1, 0.15) is 11.1 Å². The lowest BCUT2D eigenvalue weighted by Crippen LogP contribution is -2.46. The average molecular weight is 282 g/mol. The maximum Gasteiger partial charge on any atom is 0.325 e. The highest BCUT2D eigenvalue weighted by Gasteiger charge is 2.28. The number of hydrogen-bond acceptors (Lipinski definition) is 4. The number of carbonyl (C=O) groups excluding carboxylic acids is 1. The second-order valence-corrected chi connectivity index (χ2v) is 5.16. The summed E-state index contributed by atoms with van der Waals surface area (Å²) in [4.78, 5) is 11.6. The van der Waals surface area contributed by atoms with Gasteiger partial charge in [-0.2, -0.15) is 0 Å². The fourth-order valence-electron chi connectivity index (χ4n) is 1.87. The Kier molecular flexibility index (Phi) is 3.83. The number of furan rings is 1. The second-order valence-electron chi connectivity index (χ2n) is 4.82. The van der Waals surface area contributed by atoms with E-state index in [-0.39, 0.29) is 5.97 Å². The molecule has 2 rings (SSSR count). The molecule has 1 heterocycles. The number of para-hydroxylation sites is 1. The minimum absolute atomic E-state index is 0.323. The van der Waals surface area contributed by atoms with Gasteiger partial charge in [-0.05, 0) is 31.5 Å². The monoisotopic (exact) mass is 281 g/mol. The first-order chi connectivity index (χ1) is 8.95. The van der Waals surface area contributed by atoms with Crippen LogP contribution in [0.3, 0.4) is 0 Å². The van der Waals surface area contributed by atoms with Crippen LogP contribution in [0.2, 0.25) is 5.22 Å². The number of halogens is 1. The predicted molar refractivity (Wildman–Crippen MR) is 74.2 cm³/mol. The summed E-state index contributed by atoms with van der Waals surface area (Å²) in [5.74, 6) is -0.323. The number of hydrogen-bond donors (Lipinski definition) is 1. The number of nitrogens with one attached hydrogen (secondary N) is 1. The van der Waals surface area contributed by atoms with Gasteiger partial charge in [-0.15, -0.1) is 0 Å². The number of methoxy groups -OCH3 is 1. The Labute approximate surface area is 116 Å². The summed E-state index contributed by atoms with van der Waals surface area (Å²) in [5, 5.41) is 4.41. The summed E-state index contributed by atoms with van der Waals surface area (Å²) in [6, 6.07) is 7.60. The first-order valence-electron chi connectivity index (χ1n) is 5.95. The zero-order valence-electron chi connectivity index (χ0n) is 11.1. The zero-order valence-corrected chi connectivity index (χ0v) is 11.9. The Bertz CT molecular complexity index is 604. The van der Waals surface area contributed by atoms with Crippen LogP contribution >= 0.6 is 11.6 Å².